The van der Waals surface area contributed by atoms with E-state index in [1.807, 2.05) is 12.3 Å². The predicted octanol–water partition coefficient (Wildman–Crippen LogP) is 2.06. The van der Waals surface area contributed by atoms with Crippen molar-refractivity contribution < 1.29 is 9.50 Å². The Morgan fingerprint density at radius 1 is 1.70 bits per heavy atom. The lowest BCUT2D eigenvalue weighted by Crippen LogP contribution is -1.98. The van der Waals surface area contributed by atoms with Crippen molar-refractivity contribution in [3.63, 3.8) is 0 Å². The highest BCUT2D eigenvalue weighted by atomic mass is 32.1. The van der Waals surface area contributed by atoms with Crippen molar-refractivity contribution in [3.05, 3.63) is 21.9 Å². The molecular weight excluding hydrogens is 151 g/mol. The minimum atomic E-state index is -0.925. The van der Waals surface area contributed by atoms with E-state index in [9.17, 15) is 4.39 Å². The number of aryl methyl sites for hydroxylation is 1. The molecule has 0 aliphatic rings. The third kappa shape index (κ3) is 1.36. The third-order valence-electron chi connectivity index (χ3n) is 1.40. The van der Waals surface area contributed by atoms with Gasteiger partial charge >= 0.3 is 0 Å². The summed E-state index contributed by atoms with van der Waals surface area (Å²) in [6, 6.07) is 0. The molecule has 0 aliphatic heterocycles. The van der Waals surface area contributed by atoms with Crippen LogP contribution in [0.2, 0.25) is 0 Å². The van der Waals surface area contributed by atoms with Gasteiger partial charge in [0.15, 0.2) is 0 Å². The van der Waals surface area contributed by atoms with Gasteiger partial charge in [-0.05, 0) is 28.8 Å². The van der Waals surface area contributed by atoms with Gasteiger partial charge in [0.1, 0.15) is 12.8 Å². The summed E-state index contributed by atoms with van der Waals surface area (Å²) in [5.74, 6) is 0. The first-order chi connectivity index (χ1) is 4.75. The molecule has 0 radical (unpaired) electrons. The zero-order chi connectivity index (χ0) is 7.56. The van der Waals surface area contributed by atoms with E-state index in [-0.39, 0.29) is 0 Å². The number of hydrogen-bond acceptors (Lipinski definition) is 2. The third-order valence-corrected chi connectivity index (χ3v) is 2.28. The number of alkyl halides is 1. The molecule has 0 amide bonds. The van der Waals surface area contributed by atoms with Crippen molar-refractivity contribution >= 4 is 11.3 Å². The fraction of sp³-hybridized carbons (Fsp3) is 0.429. The van der Waals surface area contributed by atoms with Gasteiger partial charge in [0.2, 0.25) is 0 Å². The van der Waals surface area contributed by atoms with Gasteiger partial charge in [0, 0.05) is 0 Å². The zero-order valence-electron chi connectivity index (χ0n) is 5.67. The van der Waals surface area contributed by atoms with Gasteiger partial charge in [-0.2, -0.15) is 11.3 Å². The van der Waals surface area contributed by atoms with Gasteiger partial charge in [-0.1, -0.05) is 0 Å². The number of thiophene rings is 1. The van der Waals surface area contributed by atoms with Crippen molar-refractivity contribution in [3.8, 4) is 0 Å². The maximum absolute atomic E-state index is 11.9. The summed E-state index contributed by atoms with van der Waals surface area (Å²) in [6.45, 7) is 1.17. The molecule has 0 saturated heterocycles. The molecule has 0 fully saturated rings. The van der Waals surface area contributed by atoms with E-state index in [2.05, 4.69) is 0 Å². The van der Waals surface area contributed by atoms with Gasteiger partial charge in [0.05, 0.1) is 0 Å². The van der Waals surface area contributed by atoms with Crippen LogP contribution in [0, 0.1) is 6.92 Å². The average molecular weight is 160 g/mol. The van der Waals surface area contributed by atoms with Crippen LogP contribution >= 0.6 is 11.3 Å². The molecule has 1 unspecified atom stereocenters. The fourth-order valence-electron chi connectivity index (χ4n) is 0.795. The average Bonchev–Trinajstić information content (AvgIpc) is 2.34. The molecule has 10 heavy (non-hydrogen) atoms. The highest BCUT2D eigenvalue weighted by Gasteiger charge is 2.09. The second kappa shape index (κ2) is 3.12. The van der Waals surface area contributed by atoms with Gasteiger partial charge in [-0.3, -0.25) is 0 Å². The molecule has 1 aromatic rings. The maximum atomic E-state index is 11.9. The van der Waals surface area contributed by atoms with Crippen LogP contribution in [0.25, 0.3) is 0 Å². The molecule has 1 rings (SSSR count). The number of rotatable bonds is 2. The first kappa shape index (κ1) is 7.69. The van der Waals surface area contributed by atoms with Crippen LogP contribution in [-0.4, -0.2) is 11.8 Å². The normalized spacial score (nSPS) is 13.5. The summed E-state index contributed by atoms with van der Waals surface area (Å²) in [6.07, 6.45) is -0.925. The van der Waals surface area contributed by atoms with Crippen molar-refractivity contribution in [1.82, 2.24) is 0 Å². The Morgan fingerprint density at radius 2 is 2.40 bits per heavy atom. The molecule has 0 aromatic carbocycles. The highest BCUT2D eigenvalue weighted by Crippen LogP contribution is 2.21. The maximum Gasteiger partial charge on any atom is 0.120 e. The molecule has 0 bridgehead atoms. The van der Waals surface area contributed by atoms with Gasteiger partial charge < -0.3 is 5.11 Å². The molecule has 1 heterocycles. The van der Waals surface area contributed by atoms with Crippen LogP contribution in [0.3, 0.4) is 0 Å². The first-order valence-corrected chi connectivity index (χ1v) is 3.96. The van der Waals surface area contributed by atoms with Crippen LogP contribution in [0.4, 0.5) is 4.39 Å². The van der Waals surface area contributed by atoms with Crippen molar-refractivity contribution in [2.45, 2.75) is 13.0 Å². The van der Waals surface area contributed by atoms with Crippen LogP contribution in [0.1, 0.15) is 17.2 Å². The smallest absolute Gasteiger partial charge is 0.120 e. The first-order valence-electron chi connectivity index (χ1n) is 3.02. The van der Waals surface area contributed by atoms with E-state index in [1.165, 1.54) is 11.3 Å². The SMILES string of the molecule is Cc1cscc1C(O)CF. The van der Waals surface area contributed by atoms with E-state index in [1.54, 1.807) is 5.38 Å². The molecule has 0 spiro atoms. The number of aliphatic hydroxyl groups excluding tert-OH is 1. The summed E-state index contributed by atoms with van der Waals surface area (Å²) in [7, 11) is 0. The van der Waals surface area contributed by atoms with Gasteiger partial charge in [-0.25, -0.2) is 4.39 Å². The second-order valence-electron chi connectivity index (χ2n) is 2.18. The fourth-order valence-corrected chi connectivity index (χ4v) is 1.69. The summed E-state index contributed by atoms with van der Waals surface area (Å²) >= 11 is 1.48. The monoisotopic (exact) mass is 160 g/mol. The molecule has 1 aromatic heterocycles. The zero-order valence-corrected chi connectivity index (χ0v) is 6.49. The van der Waals surface area contributed by atoms with E-state index in [0.717, 1.165) is 5.56 Å². The Hall–Kier alpha value is -0.410. The van der Waals surface area contributed by atoms with E-state index >= 15 is 0 Å². The summed E-state index contributed by atoms with van der Waals surface area (Å²) in [4.78, 5) is 0. The topological polar surface area (TPSA) is 20.2 Å². The largest absolute Gasteiger partial charge is 0.386 e. The highest BCUT2D eigenvalue weighted by molar-refractivity contribution is 7.08. The summed E-state index contributed by atoms with van der Waals surface area (Å²) in [5.41, 5.74) is 1.68. The molecule has 0 saturated carbocycles. The number of halogens is 1. The van der Waals surface area contributed by atoms with Crippen LogP contribution in [-0.2, 0) is 0 Å². The summed E-state index contributed by atoms with van der Waals surface area (Å²) < 4.78 is 11.9. The molecule has 1 atom stereocenters. The number of aliphatic hydroxyl groups is 1. The molecular formula is C7H9FOS. The Morgan fingerprint density at radius 3 is 2.80 bits per heavy atom. The van der Waals surface area contributed by atoms with E-state index < -0.39 is 12.8 Å². The molecule has 1 nitrogen and oxygen atoms in total. The summed E-state index contributed by atoms with van der Waals surface area (Å²) in [5, 5.41) is 12.7. The molecule has 3 heteroatoms. The molecule has 56 valence electrons. The van der Waals surface area contributed by atoms with Gasteiger partial charge in [0.25, 0.3) is 0 Å². The van der Waals surface area contributed by atoms with Gasteiger partial charge in [-0.15, -0.1) is 0 Å². The minimum Gasteiger partial charge on any atom is -0.386 e. The Kier molecular flexibility index (Phi) is 2.40. The van der Waals surface area contributed by atoms with E-state index in [4.69, 9.17) is 5.11 Å². The van der Waals surface area contributed by atoms with Crippen molar-refractivity contribution in [1.29, 1.82) is 0 Å². The molecule has 0 aliphatic carbocycles. The second-order valence-corrected chi connectivity index (χ2v) is 2.92. The quantitative estimate of drug-likeness (QED) is 0.702. The minimum absolute atomic E-state index is 0.697. The predicted molar refractivity (Wildman–Crippen MR) is 40.0 cm³/mol. The Balaban J connectivity index is 2.82. The van der Waals surface area contributed by atoms with Crippen LogP contribution < -0.4 is 0 Å². The molecule has 1 N–H and O–H groups in total. The Labute approximate surface area is 63.1 Å². The van der Waals surface area contributed by atoms with Crippen molar-refractivity contribution in [2.24, 2.45) is 0 Å². The lowest BCUT2D eigenvalue weighted by molar-refractivity contribution is 0.141. The lowest BCUT2D eigenvalue weighted by atomic mass is 10.1. The standard InChI is InChI=1S/C7H9FOS/c1-5-3-10-4-6(5)7(9)2-8/h3-4,7,9H,2H2,1H3. The number of hydrogen-bond donors (Lipinski definition) is 1. The van der Waals surface area contributed by atoms with Crippen LogP contribution in [0.5, 0.6) is 0 Å². The van der Waals surface area contributed by atoms with Crippen LogP contribution in [0.15, 0.2) is 10.8 Å². The van der Waals surface area contributed by atoms with Crippen molar-refractivity contribution in [2.75, 3.05) is 6.67 Å². The van der Waals surface area contributed by atoms with E-state index in [0.29, 0.717) is 5.56 Å². The lowest BCUT2D eigenvalue weighted by Gasteiger charge is -2.03. The Bertz CT molecular complexity index is 209.